The molecule has 0 aromatic carbocycles. The van der Waals surface area contributed by atoms with Crippen molar-refractivity contribution in [2.24, 2.45) is 9.98 Å². The Bertz CT molecular complexity index is 329. The highest BCUT2D eigenvalue weighted by molar-refractivity contribution is 14.1. The fourth-order valence-electron chi connectivity index (χ4n) is 0.829. The summed E-state index contributed by atoms with van der Waals surface area (Å²) in [6.45, 7) is 0. The van der Waals surface area contributed by atoms with E-state index in [0.717, 1.165) is 9.40 Å². The maximum atomic E-state index is 4.11. The summed E-state index contributed by atoms with van der Waals surface area (Å²) < 4.78 is 0.968. The number of allylic oxidation sites excluding steroid dienone is 1. The number of nitrogens with zero attached hydrogens (tertiary/aromatic N) is 3. The molecule has 0 unspecified atom stereocenters. The van der Waals surface area contributed by atoms with E-state index in [1.807, 2.05) is 11.0 Å². The minimum atomic E-state index is 0.968. The molecule has 0 saturated carbocycles. The van der Waals surface area contributed by atoms with Gasteiger partial charge in [-0.3, -0.25) is 4.90 Å². The van der Waals surface area contributed by atoms with Gasteiger partial charge in [-0.1, -0.05) is 0 Å². The van der Waals surface area contributed by atoms with Crippen molar-refractivity contribution in [1.29, 1.82) is 0 Å². The molecule has 0 aromatic heterocycles. The number of fused-ring (bicyclic) bond motifs is 1. The van der Waals surface area contributed by atoms with Crippen LogP contribution in [0.2, 0.25) is 0 Å². The van der Waals surface area contributed by atoms with Crippen LogP contribution in [0.3, 0.4) is 0 Å². The van der Waals surface area contributed by atoms with Gasteiger partial charge in [-0.2, -0.15) is 0 Å². The summed E-state index contributed by atoms with van der Waals surface area (Å²) >= 11 is 2.17. The van der Waals surface area contributed by atoms with E-state index < -0.39 is 0 Å². The smallest absolute Gasteiger partial charge is 0.105 e. The van der Waals surface area contributed by atoms with Crippen molar-refractivity contribution in [1.82, 2.24) is 4.90 Å². The lowest BCUT2D eigenvalue weighted by atomic mass is 10.3. The Morgan fingerprint density at radius 2 is 2.45 bits per heavy atom. The van der Waals surface area contributed by atoms with E-state index in [4.69, 9.17) is 0 Å². The average Bonchev–Trinajstić information content (AvgIpc) is 2.04. The molecule has 0 fully saturated rings. The second-order valence-electron chi connectivity index (χ2n) is 2.06. The second-order valence-corrected chi connectivity index (χ2v) is 3.17. The van der Waals surface area contributed by atoms with Gasteiger partial charge in [0.25, 0.3) is 0 Å². The van der Waals surface area contributed by atoms with Gasteiger partial charge in [0.2, 0.25) is 0 Å². The van der Waals surface area contributed by atoms with Crippen molar-refractivity contribution in [3.63, 3.8) is 0 Å². The van der Waals surface area contributed by atoms with Gasteiger partial charge in [0.05, 0.1) is 18.1 Å². The molecule has 0 spiro atoms. The van der Waals surface area contributed by atoms with Gasteiger partial charge >= 0.3 is 0 Å². The predicted molar refractivity (Wildman–Crippen MR) is 52.5 cm³/mol. The first-order valence-corrected chi connectivity index (χ1v) is 4.13. The van der Waals surface area contributed by atoms with Crippen LogP contribution < -0.4 is 0 Å². The van der Waals surface area contributed by atoms with Gasteiger partial charge in [0.15, 0.2) is 0 Å². The zero-order chi connectivity index (χ0) is 7.68. The summed E-state index contributed by atoms with van der Waals surface area (Å²) in [7, 11) is 0. The van der Waals surface area contributed by atoms with Gasteiger partial charge in [0.1, 0.15) is 10.0 Å². The third-order valence-corrected chi connectivity index (χ3v) is 1.93. The minimum absolute atomic E-state index is 0.968. The molecule has 0 amide bonds. The van der Waals surface area contributed by atoms with Crippen LogP contribution in [0.1, 0.15) is 0 Å². The molecule has 3 nitrogen and oxygen atoms in total. The SMILES string of the molecule is IC1=CC2=CN=C=CN2C=N1. The van der Waals surface area contributed by atoms with E-state index in [0.29, 0.717) is 0 Å². The number of aliphatic imine (C=N–C) groups is 2. The van der Waals surface area contributed by atoms with Gasteiger partial charge in [-0.25, -0.2) is 9.98 Å². The van der Waals surface area contributed by atoms with Gasteiger partial charge in [-0.15, -0.1) is 0 Å². The Balaban J connectivity index is 2.44. The van der Waals surface area contributed by atoms with Crippen LogP contribution in [0.25, 0.3) is 0 Å². The van der Waals surface area contributed by atoms with Crippen molar-refractivity contribution in [3.05, 3.63) is 27.9 Å². The van der Waals surface area contributed by atoms with Crippen molar-refractivity contribution in [3.8, 4) is 0 Å². The average molecular weight is 257 g/mol. The van der Waals surface area contributed by atoms with Crippen LogP contribution in [0.4, 0.5) is 0 Å². The Kier molecular flexibility index (Phi) is 1.63. The van der Waals surface area contributed by atoms with E-state index in [9.17, 15) is 0 Å². The summed E-state index contributed by atoms with van der Waals surface area (Å²) in [5.74, 6) is 2.73. The molecule has 4 heteroatoms. The van der Waals surface area contributed by atoms with Crippen molar-refractivity contribution >= 4 is 34.8 Å². The summed E-state index contributed by atoms with van der Waals surface area (Å²) in [5.41, 5.74) is 1.03. The van der Waals surface area contributed by atoms with Crippen molar-refractivity contribution < 1.29 is 0 Å². The highest BCUT2D eigenvalue weighted by atomic mass is 127. The molecule has 2 heterocycles. The molecule has 0 N–H and O–H groups in total. The first-order chi connectivity index (χ1) is 5.36. The highest BCUT2D eigenvalue weighted by Gasteiger charge is 2.08. The maximum absolute atomic E-state index is 4.11. The van der Waals surface area contributed by atoms with Crippen LogP contribution in [-0.4, -0.2) is 17.1 Å². The van der Waals surface area contributed by atoms with Crippen LogP contribution in [0.5, 0.6) is 0 Å². The molecule has 0 bridgehead atoms. The monoisotopic (exact) mass is 257 g/mol. The quantitative estimate of drug-likeness (QED) is 0.479. The Labute approximate surface area is 77.7 Å². The third kappa shape index (κ3) is 1.27. The molecular formula is C7H4IN3. The van der Waals surface area contributed by atoms with Crippen LogP contribution in [-0.2, 0) is 0 Å². The summed E-state index contributed by atoms with van der Waals surface area (Å²) in [5, 5.41) is 0. The maximum Gasteiger partial charge on any atom is 0.105 e. The molecule has 2 aliphatic heterocycles. The molecular weight excluding hydrogens is 253 g/mol. The van der Waals surface area contributed by atoms with E-state index in [1.54, 1.807) is 18.7 Å². The van der Waals surface area contributed by atoms with E-state index in [-0.39, 0.29) is 0 Å². The van der Waals surface area contributed by atoms with E-state index in [1.165, 1.54) is 0 Å². The second kappa shape index (κ2) is 2.64. The molecule has 11 heavy (non-hydrogen) atoms. The topological polar surface area (TPSA) is 28.0 Å². The first-order valence-electron chi connectivity index (χ1n) is 3.05. The highest BCUT2D eigenvalue weighted by Crippen LogP contribution is 2.19. The normalized spacial score (nSPS) is 19.5. The standard InChI is InChI=1S/C7H4IN3/c8-7-3-6-4-9-1-2-11(6)5-10-7/h2-5H. The number of rotatable bonds is 0. The molecule has 2 aliphatic rings. The minimum Gasteiger partial charge on any atom is -0.297 e. The predicted octanol–water partition coefficient (Wildman–Crippen LogP) is 1.65. The zero-order valence-corrected chi connectivity index (χ0v) is 7.69. The molecule has 54 valence electrons. The van der Waals surface area contributed by atoms with Crippen LogP contribution >= 0.6 is 22.6 Å². The lowest BCUT2D eigenvalue weighted by molar-refractivity contribution is 0.725. The van der Waals surface area contributed by atoms with E-state index in [2.05, 4.69) is 38.4 Å². The summed E-state index contributed by atoms with van der Waals surface area (Å²) in [6, 6.07) is 0. The fourth-order valence-corrected chi connectivity index (χ4v) is 1.27. The lowest BCUT2D eigenvalue weighted by Gasteiger charge is -2.18. The summed E-state index contributed by atoms with van der Waals surface area (Å²) in [4.78, 5) is 9.86. The Morgan fingerprint density at radius 1 is 1.55 bits per heavy atom. The molecule has 0 aliphatic carbocycles. The molecule has 0 atom stereocenters. The third-order valence-electron chi connectivity index (χ3n) is 1.34. The van der Waals surface area contributed by atoms with Gasteiger partial charge in [-0.05, 0) is 28.7 Å². The number of hydrogen-bond donors (Lipinski definition) is 0. The Morgan fingerprint density at radius 3 is 3.36 bits per heavy atom. The first kappa shape index (κ1) is 6.82. The van der Waals surface area contributed by atoms with Gasteiger partial charge in [0, 0.05) is 5.87 Å². The van der Waals surface area contributed by atoms with Crippen molar-refractivity contribution in [2.45, 2.75) is 0 Å². The molecule has 0 saturated heterocycles. The van der Waals surface area contributed by atoms with Gasteiger partial charge < -0.3 is 0 Å². The molecule has 2 rings (SSSR count). The van der Waals surface area contributed by atoms with E-state index >= 15 is 0 Å². The lowest BCUT2D eigenvalue weighted by Crippen LogP contribution is -2.17. The largest absolute Gasteiger partial charge is 0.297 e. The van der Waals surface area contributed by atoms with Crippen LogP contribution in [0, 0.1) is 0 Å². The molecule has 0 radical (unpaired) electrons. The number of hydrogen-bond acceptors (Lipinski definition) is 3. The van der Waals surface area contributed by atoms with Crippen molar-refractivity contribution in [2.75, 3.05) is 0 Å². The summed E-state index contributed by atoms with van der Waals surface area (Å²) in [6.07, 6.45) is 7.21. The fraction of sp³-hybridized carbons (Fsp3) is 0. The molecule has 0 aromatic rings. The number of halogens is 1. The Hall–Kier alpha value is -0.870. The zero-order valence-electron chi connectivity index (χ0n) is 5.53. The van der Waals surface area contributed by atoms with Crippen LogP contribution in [0.15, 0.2) is 37.9 Å².